The Balaban J connectivity index is 2.37. The number of H-pyrrole nitrogens is 1. The first kappa shape index (κ1) is 12.8. The van der Waals surface area contributed by atoms with Crippen LogP contribution in [0, 0.1) is 6.92 Å². The molecule has 0 radical (unpaired) electrons. The van der Waals surface area contributed by atoms with Crippen LogP contribution in [-0.4, -0.2) is 15.0 Å². The van der Waals surface area contributed by atoms with Crippen LogP contribution in [-0.2, 0) is 0 Å². The van der Waals surface area contributed by atoms with E-state index in [-0.39, 0.29) is 11.6 Å². The SMILES string of the molecule is Cc1cc(=O)[nH]c(Sc2ncccc2[C@H](C)N)n1. The Hall–Kier alpha value is -1.66. The number of hydrogen-bond acceptors (Lipinski definition) is 5. The van der Waals surface area contributed by atoms with Crippen molar-refractivity contribution in [2.75, 3.05) is 0 Å². The monoisotopic (exact) mass is 262 g/mol. The molecule has 0 amide bonds. The highest BCUT2D eigenvalue weighted by Gasteiger charge is 2.10. The molecule has 0 aliphatic carbocycles. The average molecular weight is 262 g/mol. The quantitative estimate of drug-likeness (QED) is 0.821. The third-order valence-electron chi connectivity index (χ3n) is 2.33. The van der Waals surface area contributed by atoms with Crippen molar-refractivity contribution in [2.24, 2.45) is 5.73 Å². The molecule has 0 saturated carbocycles. The van der Waals surface area contributed by atoms with Gasteiger partial charge in [-0.25, -0.2) is 9.97 Å². The summed E-state index contributed by atoms with van der Waals surface area (Å²) in [7, 11) is 0. The van der Waals surface area contributed by atoms with Crippen molar-refractivity contribution < 1.29 is 0 Å². The van der Waals surface area contributed by atoms with Crippen molar-refractivity contribution >= 4 is 11.8 Å². The smallest absolute Gasteiger partial charge is 0.251 e. The first-order valence-electron chi connectivity index (χ1n) is 5.52. The lowest BCUT2D eigenvalue weighted by atomic mass is 10.2. The molecule has 2 rings (SSSR count). The number of nitrogens with one attached hydrogen (secondary N) is 1. The molecular formula is C12H14N4OS. The predicted octanol–water partition coefficient (Wildman–Crippen LogP) is 1.64. The predicted molar refractivity (Wildman–Crippen MR) is 70.6 cm³/mol. The minimum atomic E-state index is -0.164. The molecule has 0 bridgehead atoms. The Bertz CT molecular complexity index is 609. The van der Waals surface area contributed by atoms with E-state index in [1.807, 2.05) is 19.1 Å². The van der Waals surface area contributed by atoms with E-state index in [9.17, 15) is 4.79 Å². The van der Waals surface area contributed by atoms with Gasteiger partial charge in [-0.15, -0.1) is 0 Å². The normalized spacial score (nSPS) is 12.4. The highest BCUT2D eigenvalue weighted by Crippen LogP contribution is 2.27. The van der Waals surface area contributed by atoms with Gasteiger partial charge >= 0.3 is 0 Å². The minimum Gasteiger partial charge on any atom is -0.324 e. The fourth-order valence-electron chi connectivity index (χ4n) is 1.53. The van der Waals surface area contributed by atoms with Crippen LogP contribution in [0.15, 0.2) is 39.4 Å². The number of aryl methyl sites for hydroxylation is 1. The molecule has 0 aliphatic heterocycles. The number of nitrogens with two attached hydrogens (primary N) is 1. The summed E-state index contributed by atoms with van der Waals surface area (Å²) in [4.78, 5) is 22.6. The Morgan fingerprint density at radius 3 is 2.94 bits per heavy atom. The van der Waals surface area contributed by atoms with Gasteiger partial charge in [-0.1, -0.05) is 6.07 Å². The van der Waals surface area contributed by atoms with Gasteiger partial charge in [-0.05, 0) is 31.7 Å². The number of hydrogen-bond donors (Lipinski definition) is 2. The van der Waals surface area contributed by atoms with Gasteiger partial charge in [0.15, 0.2) is 5.16 Å². The zero-order valence-corrected chi connectivity index (χ0v) is 11.0. The molecule has 3 N–H and O–H groups in total. The Morgan fingerprint density at radius 1 is 1.50 bits per heavy atom. The van der Waals surface area contributed by atoms with E-state index in [1.54, 1.807) is 13.1 Å². The Labute approximate surface area is 109 Å². The maximum atomic E-state index is 11.4. The molecule has 2 heterocycles. The van der Waals surface area contributed by atoms with Crippen LogP contribution in [0.3, 0.4) is 0 Å². The van der Waals surface area contributed by atoms with E-state index in [1.165, 1.54) is 17.8 Å². The van der Waals surface area contributed by atoms with Crippen LogP contribution in [0.2, 0.25) is 0 Å². The van der Waals surface area contributed by atoms with Gasteiger partial charge in [-0.3, -0.25) is 4.79 Å². The van der Waals surface area contributed by atoms with E-state index in [0.717, 1.165) is 10.6 Å². The molecule has 0 aromatic carbocycles. The van der Waals surface area contributed by atoms with Gasteiger partial charge in [0.2, 0.25) is 0 Å². The number of pyridine rings is 1. The number of aromatic nitrogens is 3. The molecule has 2 aromatic rings. The van der Waals surface area contributed by atoms with Gasteiger partial charge in [0, 0.05) is 29.6 Å². The van der Waals surface area contributed by atoms with Crippen molar-refractivity contribution in [3.63, 3.8) is 0 Å². The molecule has 18 heavy (non-hydrogen) atoms. The summed E-state index contributed by atoms with van der Waals surface area (Å²) >= 11 is 1.31. The summed E-state index contributed by atoms with van der Waals surface area (Å²) in [5.41, 5.74) is 7.34. The Morgan fingerprint density at radius 2 is 2.28 bits per heavy atom. The van der Waals surface area contributed by atoms with E-state index in [0.29, 0.717) is 10.9 Å². The summed E-state index contributed by atoms with van der Waals surface area (Å²) in [6, 6.07) is 5.11. The van der Waals surface area contributed by atoms with Crippen molar-refractivity contribution in [1.82, 2.24) is 15.0 Å². The molecular weight excluding hydrogens is 248 g/mol. The van der Waals surface area contributed by atoms with Crippen molar-refractivity contribution in [1.29, 1.82) is 0 Å². The molecule has 0 fully saturated rings. The topological polar surface area (TPSA) is 84.7 Å². The fraction of sp³-hybridized carbons (Fsp3) is 0.250. The zero-order chi connectivity index (χ0) is 13.1. The lowest BCUT2D eigenvalue weighted by Crippen LogP contribution is -2.10. The van der Waals surface area contributed by atoms with Crippen LogP contribution in [0.5, 0.6) is 0 Å². The summed E-state index contributed by atoms with van der Waals surface area (Å²) in [6.45, 7) is 3.68. The second-order valence-electron chi connectivity index (χ2n) is 3.98. The first-order valence-corrected chi connectivity index (χ1v) is 6.34. The zero-order valence-electron chi connectivity index (χ0n) is 10.2. The molecule has 5 nitrogen and oxygen atoms in total. The van der Waals surface area contributed by atoms with Crippen LogP contribution < -0.4 is 11.3 Å². The van der Waals surface area contributed by atoms with E-state index < -0.39 is 0 Å². The van der Waals surface area contributed by atoms with Gasteiger partial charge < -0.3 is 10.7 Å². The summed E-state index contributed by atoms with van der Waals surface area (Å²) in [5.74, 6) is 0. The molecule has 0 saturated heterocycles. The second-order valence-corrected chi connectivity index (χ2v) is 4.96. The van der Waals surface area contributed by atoms with Gasteiger partial charge in [0.05, 0.1) is 0 Å². The van der Waals surface area contributed by atoms with Crippen LogP contribution in [0.25, 0.3) is 0 Å². The lowest BCUT2D eigenvalue weighted by Gasteiger charge is -2.10. The minimum absolute atomic E-state index is 0.113. The summed E-state index contributed by atoms with van der Waals surface area (Å²) in [6.07, 6.45) is 1.70. The fourth-order valence-corrected chi connectivity index (χ4v) is 2.54. The summed E-state index contributed by atoms with van der Waals surface area (Å²) < 4.78 is 0. The largest absolute Gasteiger partial charge is 0.324 e. The van der Waals surface area contributed by atoms with Crippen LogP contribution >= 0.6 is 11.8 Å². The average Bonchev–Trinajstić information content (AvgIpc) is 2.27. The molecule has 0 unspecified atom stereocenters. The van der Waals surface area contributed by atoms with Gasteiger partial charge in [0.1, 0.15) is 5.03 Å². The molecule has 0 aliphatic rings. The highest BCUT2D eigenvalue weighted by atomic mass is 32.2. The number of nitrogens with zero attached hydrogens (tertiary/aromatic N) is 2. The maximum absolute atomic E-state index is 11.4. The van der Waals surface area contributed by atoms with Crippen molar-refractivity contribution in [3.05, 3.63) is 46.0 Å². The van der Waals surface area contributed by atoms with Gasteiger partial charge in [0.25, 0.3) is 5.56 Å². The standard InChI is InChI=1S/C12H14N4OS/c1-7-6-10(17)16-12(15-7)18-11-9(8(2)13)4-3-5-14-11/h3-6,8H,13H2,1-2H3,(H,15,16,17)/t8-/m0/s1. The van der Waals surface area contributed by atoms with Crippen molar-refractivity contribution in [2.45, 2.75) is 30.1 Å². The van der Waals surface area contributed by atoms with E-state index in [4.69, 9.17) is 5.73 Å². The highest BCUT2D eigenvalue weighted by molar-refractivity contribution is 7.99. The second kappa shape index (κ2) is 5.32. The van der Waals surface area contributed by atoms with E-state index in [2.05, 4.69) is 15.0 Å². The third-order valence-corrected chi connectivity index (χ3v) is 3.25. The van der Waals surface area contributed by atoms with E-state index >= 15 is 0 Å². The third kappa shape index (κ3) is 2.96. The maximum Gasteiger partial charge on any atom is 0.251 e. The molecule has 6 heteroatoms. The van der Waals surface area contributed by atoms with Gasteiger partial charge in [-0.2, -0.15) is 0 Å². The lowest BCUT2D eigenvalue weighted by molar-refractivity contribution is 0.777. The number of aromatic amines is 1. The van der Waals surface area contributed by atoms with Crippen molar-refractivity contribution in [3.8, 4) is 0 Å². The van der Waals surface area contributed by atoms with Crippen LogP contribution in [0.4, 0.5) is 0 Å². The summed E-state index contributed by atoms with van der Waals surface area (Å²) in [5, 5.41) is 1.29. The molecule has 2 aromatic heterocycles. The molecule has 0 spiro atoms. The number of rotatable bonds is 3. The Kier molecular flexibility index (Phi) is 3.78. The first-order chi connectivity index (χ1) is 8.56. The molecule has 1 atom stereocenters. The van der Waals surface area contributed by atoms with Crippen LogP contribution in [0.1, 0.15) is 24.2 Å². The molecule has 94 valence electrons.